The van der Waals surface area contributed by atoms with E-state index >= 15 is 0 Å². The summed E-state index contributed by atoms with van der Waals surface area (Å²) in [6.07, 6.45) is 3.56. The van der Waals surface area contributed by atoms with Gasteiger partial charge in [0.25, 0.3) is 0 Å². The summed E-state index contributed by atoms with van der Waals surface area (Å²) in [5, 5.41) is 7.03. The van der Waals surface area contributed by atoms with E-state index in [2.05, 4.69) is 15.6 Å². The van der Waals surface area contributed by atoms with Crippen molar-refractivity contribution in [1.82, 2.24) is 19.8 Å². The Balaban J connectivity index is 1.82. The molecule has 2 rings (SSSR count). The first-order valence-electron chi connectivity index (χ1n) is 6.73. The number of nitrogens with one attached hydrogen (secondary N) is 1. The first-order valence-corrected chi connectivity index (χ1v) is 6.73. The van der Waals surface area contributed by atoms with E-state index in [1.165, 1.54) is 22.2 Å². The van der Waals surface area contributed by atoms with E-state index in [9.17, 15) is 14.4 Å². The van der Waals surface area contributed by atoms with E-state index in [0.29, 0.717) is 32.5 Å². The number of hydrogen-bond acceptors (Lipinski definition) is 6. The van der Waals surface area contributed by atoms with Gasteiger partial charge in [-0.1, -0.05) is 0 Å². The molecular formula is C12H17N5O4. The number of likely N-dealkylation sites (tertiary alicyclic amines) is 1. The van der Waals surface area contributed by atoms with E-state index in [1.54, 1.807) is 6.92 Å². The molecule has 9 heteroatoms. The number of hydrogen-bond donors (Lipinski definition) is 1. The highest BCUT2D eigenvalue weighted by Gasteiger charge is 2.30. The quantitative estimate of drug-likeness (QED) is 0.575. The molecule has 114 valence electrons. The lowest BCUT2D eigenvalue weighted by Gasteiger charge is -2.30. The minimum Gasteiger partial charge on any atom is -0.466 e. The molecule has 2 heterocycles. The number of nitrogens with zero attached hydrogens (tertiary/aromatic N) is 4. The maximum Gasteiger partial charge on any atom is 0.328 e. The Morgan fingerprint density at radius 3 is 2.43 bits per heavy atom. The highest BCUT2D eigenvalue weighted by molar-refractivity contribution is 6.38. The first kappa shape index (κ1) is 14.9. The molecule has 0 bridgehead atoms. The van der Waals surface area contributed by atoms with Crippen LogP contribution in [0.25, 0.3) is 0 Å². The maximum absolute atomic E-state index is 12.0. The third kappa shape index (κ3) is 3.77. The van der Waals surface area contributed by atoms with Crippen molar-refractivity contribution in [3.63, 3.8) is 0 Å². The molecule has 0 unspecified atom stereocenters. The highest BCUT2D eigenvalue weighted by Crippen LogP contribution is 2.18. The topological polar surface area (TPSA) is 106 Å². The molecule has 0 saturated carbocycles. The molecule has 1 saturated heterocycles. The second-order valence-corrected chi connectivity index (χ2v) is 4.63. The molecule has 1 aromatic rings. The zero-order chi connectivity index (χ0) is 15.2. The number of amides is 2. The van der Waals surface area contributed by atoms with Gasteiger partial charge in [-0.2, -0.15) is 0 Å². The molecule has 1 N–H and O–H groups in total. The van der Waals surface area contributed by atoms with E-state index in [4.69, 9.17) is 4.74 Å². The Labute approximate surface area is 121 Å². The van der Waals surface area contributed by atoms with Crippen molar-refractivity contribution in [3.8, 4) is 0 Å². The minimum absolute atomic E-state index is 0.199. The third-order valence-electron chi connectivity index (χ3n) is 3.25. The monoisotopic (exact) mass is 295 g/mol. The van der Waals surface area contributed by atoms with Crippen molar-refractivity contribution < 1.29 is 19.1 Å². The normalized spacial score (nSPS) is 15.6. The lowest BCUT2D eigenvalue weighted by molar-refractivity contribution is -0.152. The Morgan fingerprint density at radius 1 is 1.24 bits per heavy atom. The molecule has 1 aliphatic rings. The van der Waals surface area contributed by atoms with Crippen LogP contribution in [-0.2, 0) is 19.1 Å². The minimum atomic E-state index is -0.760. The van der Waals surface area contributed by atoms with Gasteiger partial charge < -0.3 is 9.64 Å². The fraction of sp³-hybridized carbons (Fsp3) is 0.583. The van der Waals surface area contributed by atoms with Crippen LogP contribution in [0.5, 0.6) is 0 Å². The SMILES string of the molecule is CCOC(=O)C1CCN(C(=O)C(=O)Nn2cnnc2)CC1. The molecule has 0 atom stereocenters. The van der Waals surface area contributed by atoms with E-state index in [-0.39, 0.29) is 11.9 Å². The van der Waals surface area contributed by atoms with Crippen molar-refractivity contribution in [2.24, 2.45) is 5.92 Å². The van der Waals surface area contributed by atoms with Crippen molar-refractivity contribution in [2.45, 2.75) is 19.8 Å². The zero-order valence-electron chi connectivity index (χ0n) is 11.7. The molecule has 0 aromatic carbocycles. The Morgan fingerprint density at radius 2 is 1.86 bits per heavy atom. The number of esters is 1. The van der Waals surface area contributed by atoms with Crippen LogP contribution in [0.15, 0.2) is 12.7 Å². The predicted molar refractivity (Wildman–Crippen MR) is 70.3 cm³/mol. The van der Waals surface area contributed by atoms with E-state index in [1.807, 2.05) is 0 Å². The van der Waals surface area contributed by atoms with Crippen LogP contribution in [0.1, 0.15) is 19.8 Å². The van der Waals surface area contributed by atoms with Crippen LogP contribution in [0.4, 0.5) is 0 Å². The van der Waals surface area contributed by atoms with Crippen LogP contribution in [0, 0.1) is 5.92 Å². The summed E-state index contributed by atoms with van der Waals surface area (Å²) in [4.78, 5) is 36.8. The largest absolute Gasteiger partial charge is 0.466 e. The second-order valence-electron chi connectivity index (χ2n) is 4.63. The average molecular weight is 295 g/mol. The van der Waals surface area contributed by atoms with Crippen LogP contribution >= 0.6 is 0 Å². The van der Waals surface area contributed by atoms with Gasteiger partial charge in [0.05, 0.1) is 12.5 Å². The number of piperidine rings is 1. The van der Waals surface area contributed by atoms with Gasteiger partial charge in [0.15, 0.2) is 0 Å². The van der Waals surface area contributed by atoms with Crippen LogP contribution in [-0.4, -0.2) is 57.3 Å². The Hall–Kier alpha value is -2.45. The molecule has 1 fully saturated rings. The first-order chi connectivity index (χ1) is 10.1. The predicted octanol–water partition coefficient (Wildman–Crippen LogP) is -0.850. The summed E-state index contributed by atoms with van der Waals surface area (Å²) in [6, 6.07) is 0. The van der Waals surface area contributed by atoms with Gasteiger partial charge in [-0.3, -0.25) is 19.8 Å². The van der Waals surface area contributed by atoms with Gasteiger partial charge >= 0.3 is 17.8 Å². The van der Waals surface area contributed by atoms with Crippen molar-refractivity contribution in [3.05, 3.63) is 12.7 Å². The maximum atomic E-state index is 12.0. The molecule has 0 radical (unpaired) electrons. The van der Waals surface area contributed by atoms with Gasteiger partial charge in [-0.25, -0.2) is 4.68 Å². The molecule has 1 aromatic heterocycles. The average Bonchev–Trinajstić information content (AvgIpc) is 3.00. The van der Waals surface area contributed by atoms with Crippen molar-refractivity contribution in [1.29, 1.82) is 0 Å². The van der Waals surface area contributed by atoms with E-state index in [0.717, 1.165) is 0 Å². The number of carbonyl (C=O) groups is 3. The molecule has 9 nitrogen and oxygen atoms in total. The van der Waals surface area contributed by atoms with Gasteiger partial charge in [-0.15, -0.1) is 10.2 Å². The number of rotatable bonds is 3. The fourth-order valence-electron chi connectivity index (χ4n) is 2.15. The fourth-order valence-corrected chi connectivity index (χ4v) is 2.15. The Bertz CT molecular complexity index is 508. The summed E-state index contributed by atoms with van der Waals surface area (Å²) >= 11 is 0. The standard InChI is InChI=1S/C12H17N5O4/c1-2-21-12(20)9-3-5-16(6-4-9)11(19)10(18)15-17-7-13-14-8-17/h7-9H,2-6H2,1H3,(H,15,18). The van der Waals surface area contributed by atoms with Crippen LogP contribution in [0.3, 0.4) is 0 Å². The number of aromatic nitrogens is 3. The van der Waals surface area contributed by atoms with E-state index < -0.39 is 11.8 Å². The summed E-state index contributed by atoms with van der Waals surface area (Å²) < 4.78 is 6.16. The van der Waals surface area contributed by atoms with Crippen molar-refractivity contribution >= 4 is 17.8 Å². The number of carbonyl (C=O) groups excluding carboxylic acids is 3. The second kappa shape index (κ2) is 6.82. The third-order valence-corrected chi connectivity index (χ3v) is 3.25. The Kier molecular flexibility index (Phi) is 4.85. The molecule has 21 heavy (non-hydrogen) atoms. The molecular weight excluding hydrogens is 278 g/mol. The lowest BCUT2D eigenvalue weighted by Crippen LogP contribution is -2.46. The highest BCUT2D eigenvalue weighted by atomic mass is 16.5. The molecule has 0 aliphatic carbocycles. The summed E-state index contributed by atoms with van der Waals surface area (Å²) in [6.45, 7) is 2.82. The summed E-state index contributed by atoms with van der Waals surface area (Å²) in [5.74, 6) is -1.83. The summed E-state index contributed by atoms with van der Waals surface area (Å²) in [7, 11) is 0. The smallest absolute Gasteiger partial charge is 0.328 e. The van der Waals surface area contributed by atoms with Crippen molar-refractivity contribution in [2.75, 3.05) is 25.1 Å². The van der Waals surface area contributed by atoms with Gasteiger partial charge in [0.1, 0.15) is 12.7 Å². The zero-order valence-corrected chi connectivity index (χ0v) is 11.7. The van der Waals surface area contributed by atoms with Gasteiger partial charge in [0, 0.05) is 13.1 Å². The molecule has 0 spiro atoms. The summed E-state index contributed by atoms with van der Waals surface area (Å²) in [5.41, 5.74) is 2.34. The lowest BCUT2D eigenvalue weighted by atomic mass is 9.97. The molecule has 2 amide bonds. The van der Waals surface area contributed by atoms with Crippen LogP contribution in [0.2, 0.25) is 0 Å². The van der Waals surface area contributed by atoms with Gasteiger partial charge in [0.2, 0.25) is 0 Å². The van der Waals surface area contributed by atoms with Crippen LogP contribution < -0.4 is 5.43 Å². The number of ether oxygens (including phenoxy) is 1. The van der Waals surface area contributed by atoms with Gasteiger partial charge in [-0.05, 0) is 19.8 Å². The molecule has 1 aliphatic heterocycles.